The standard InChI is InChI=1S/C8H15NO/c1-6(7(10)5-9)8(2,3)4/h5-6,9H,1-4H3. The second-order valence-electron chi connectivity index (χ2n) is 3.63. The molecule has 2 heteroatoms. The second kappa shape index (κ2) is 2.95. The van der Waals surface area contributed by atoms with Crippen molar-refractivity contribution < 1.29 is 4.79 Å². The number of carbonyl (C=O) groups excluding carboxylic acids is 1. The van der Waals surface area contributed by atoms with Gasteiger partial charge in [0.1, 0.15) is 0 Å². The molecule has 0 radical (unpaired) electrons. The van der Waals surface area contributed by atoms with E-state index >= 15 is 0 Å². The molecule has 10 heavy (non-hydrogen) atoms. The van der Waals surface area contributed by atoms with Crippen LogP contribution in [0, 0.1) is 16.7 Å². The van der Waals surface area contributed by atoms with E-state index in [2.05, 4.69) is 0 Å². The van der Waals surface area contributed by atoms with Gasteiger partial charge in [-0.3, -0.25) is 4.79 Å². The quantitative estimate of drug-likeness (QED) is 0.586. The number of hydrogen-bond acceptors (Lipinski definition) is 2. The zero-order valence-corrected chi connectivity index (χ0v) is 7.06. The molecule has 0 aromatic rings. The average molecular weight is 141 g/mol. The minimum absolute atomic E-state index is 0.0192. The average Bonchev–Trinajstić information content (AvgIpc) is 1.83. The van der Waals surface area contributed by atoms with E-state index in [1.165, 1.54) is 0 Å². The summed E-state index contributed by atoms with van der Waals surface area (Å²) in [6.07, 6.45) is 0.899. The van der Waals surface area contributed by atoms with E-state index in [9.17, 15) is 4.79 Å². The molecule has 58 valence electrons. The highest BCUT2D eigenvalue weighted by Gasteiger charge is 2.24. The lowest BCUT2D eigenvalue weighted by atomic mass is 9.80. The summed E-state index contributed by atoms with van der Waals surface area (Å²) in [5.74, 6) is -0.141. The number of Topliss-reactive ketones (excluding diaryl/α,β-unsaturated/α-hetero) is 1. The van der Waals surface area contributed by atoms with Crippen LogP contribution in [-0.2, 0) is 4.79 Å². The van der Waals surface area contributed by atoms with E-state index in [-0.39, 0.29) is 17.1 Å². The van der Waals surface area contributed by atoms with Crippen molar-refractivity contribution in [3.05, 3.63) is 0 Å². The van der Waals surface area contributed by atoms with Crippen molar-refractivity contribution in [2.24, 2.45) is 11.3 Å². The van der Waals surface area contributed by atoms with Crippen LogP contribution in [-0.4, -0.2) is 12.0 Å². The zero-order chi connectivity index (χ0) is 8.36. The van der Waals surface area contributed by atoms with Crippen LogP contribution in [0.2, 0.25) is 0 Å². The van der Waals surface area contributed by atoms with Gasteiger partial charge in [0.05, 0.1) is 6.21 Å². The minimum Gasteiger partial charge on any atom is -0.305 e. The Morgan fingerprint density at radius 1 is 1.50 bits per heavy atom. The smallest absolute Gasteiger partial charge is 0.176 e. The Balaban J connectivity index is 4.21. The molecule has 1 N–H and O–H groups in total. The highest BCUT2D eigenvalue weighted by Crippen LogP contribution is 2.25. The SMILES string of the molecule is CC(C(=O)C=N)C(C)(C)C. The molecule has 0 rings (SSSR count). The zero-order valence-electron chi connectivity index (χ0n) is 7.06. The molecule has 0 aromatic carbocycles. The first kappa shape index (κ1) is 9.34. The third-order valence-corrected chi connectivity index (χ3v) is 1.87. The Kier molecular flexibility index (Phi) is 2.76. The van der Waals surface area contributed by atoms with Crippen molar-refractivity contribution in [1.82, 2.24) is 0 Å². The molecule has 0 bridgehead atoms. The van der Waals surface area contributed by atoms with Crippen molar-refractivity contribution in [1.29, 1.82) is 5.41 Å². The van der Waals surface area contributed by atoms with Gasteiger partial charge < -0.3 is 5.41 Å². The fourth-order valence-electron chi connectivity index (χ4n) is 0.552. The van der Waals surface area contributed by atoms with Gasteiger partial charge in [-0.25, -0.2) is 0 Å². The Hall–Kier alpha value is -0.660. The Bertz CT molecular complexity index is 144. The highest BCUT2D eigenvalue weighted by molar-refractivity contribution is 6.27. The van der Waals surface area contributed by atoms with Gasteiger partial charge in [-0.15, -0.1) is 0 Å². The van der Waals surface area contributed by atoms with E-state index in [1.807, 2.05) is 27.7 Å². The van der Waals surface area contributed by atoms with Gasteiger partial charge in [-0.05, 0) is 5.41 Å². The van der Waals surface area contributed by atoms with E-state index in [1.54, 1.807) is 0 Å². The lowest BCUT2D eigenvalue weighted by molar-refractivity contribution is -0.118. The minimum atomic E-state index is -0.0903. The maximum absolute atomic E-state index is 10.9. The van der Waals surface area contributed by atoms with Gasteiger partial charge >= 0.3 is 0 Å². The predicted octanol–water partition coefficient (Wildman–Crippen LogP) is 1.89. The lowest BCUT2D eigenvalue weighted by Crippen LogP contribution is -2.26. The molecular weight excluding hydrogens is 126 g/mol. The number of hydrogen-bond donors (Lipinski definition) is 1. The second-order valence-corrected chi connectivity index (χ2v) is 3.63. The first-order chi connectivity index (χ1) is 4.39. The lowest BCUT2D eigenvalue weighted by Gasteiger charge is -2.24. The largest absolute Gasteiger partial charge is 0.305 e. The molecule has 0 heterocycles. The molecule has 1 unspecified atom stereocenters. The summed E-state index contributed by atoms with van der Waals surface area (Å²) in [5, 5.41) is 6.74. The van der Waals surface area contributed by atoms with Crippen LogP contribution in [0.1, 0.15) is 27.7 Å². The Labute approximate surface area is 62.1 Å². The summed E-state index contributed by atoms with van der Waals surface area (Å²) in [5.41, 5.74) is -0.0192. The summed E-state index contributed by atoms with van der Waals surface area (Å²) < 4.78 is 0. The number of ketones is 1. The van der Waals surface area contributed by atoms with Crippen LogP contribution < -0.4 is 0 Å². The molecule has 0 spiro atoms. The normalized spacial score (nSPS) is 14.4. The van der Waals surface area contributed by atoms with Gasteiger partial charge in [-0.1, -0.05) is 27.7 Å². The predicted molar refractivity (Wildman–Crippen MR) is 42.4 cm³/mol. The van der Waals surface area contributed by atoms with Crippen molar-refractivity contribution in [2.45, 2.75) is 27.7 Å². The van der Waals surface area contributed by atoms with Crippen LogP contribution in [0.25, 0.3) is 0 Å². The molecule has 0 amide bonds. The molecular formula is C8H15NO. The van der Waals surface area contributed by atoms with Crippen molar-refractivity contribution in [3.8, 4) is 0 Å². The van der Waals surface area contributed by atoms with Crippen LogP contribution in [0.4, 0.5) is 0 Å². The fraction of sp³-hybridized carbons (Fsp3) is 0.750. The third-order valence-electron chi connectivity index (χ3n) is 1.87. The van der Waals surface area contributed by atoms with Crippen molar-refractivity contribution in [2.75, 3.05) is 0 Å². The Morgan fingerprint density at radius 2 is 1.90 bits per heavy atom. The maximum atomic E-state index is 10.9. The van der Waals surface area contributed by atoms with Crippen LogP contribution in [0.15, 0.2) is 0 Å². The topological polar surface area (TPSA) is 40.9 Å². The first-order valence-electron chi connectivity index (χ1n) is 3.44. The molecule has 0 aliphatic rings. The molecule has 0 saturated carbocycles. The molecule has 1 atom stereocenters. The molecule has 2 nitrogen and oxygen atoms in total. The number of rotatable bonds is 2. The summed E-state index contributed by atoms with van der Waals surface area (Å²) >= 11 is 0. The number of nitrogens with one attached hydrogen (secondary N) is 1. The Morgan fingerprint density at radius 3 is 2.00 bits per heavy atom. The number of carbonyl (C=O) groups is 1. The van der Waals surface area contributed by atoms with Gasteiger partial charge in [-0.2, -0.15) is 0 Å². The van der Waals surface area contributed by atoms with Crippen molar-refractivity contribution >= 4 is 12.0 Å². The van der Waals surface area contributed by atoms with E-state index < -0.39 is 0 Å². The summed E-state index contributed by atoms with van der Waals surface area (Å²) in [7, 11) is 0. The van der Waals surface area contributed by atoms with Crippen LogP contribution in [0.5, 0.6) is 0 Å². The van der Waals surface area contributed by atoms with Crippen molar-refractivity contribution in [3.63, 3.8) is 0 Å². The molecule has 0 fully saturated rings. The van der Waals surface area contributed by atoms with E-state index in [4.69, 9.17) is 5.41 Å². The van der Waals surface area contributed by atoms with E-state index in [0.29, 0.717) is 0 Å². The first-order valence-corrected chi connectivity index (χ1v) is 3.44. The molecule has 0 saturated heterocycles. The maximum Gasteiger partial charge on any atom is 0.176 e. The van der Waals surface area contributed by atoms with E-state index in [0.717, 1.165) is 6.21 Å². The highest BCUT2D eigenvalue weighted by atomic mass is 16.1. The van der Waals surface area contributed by atoms with Gasteiger partial charge in [0.15, 0.2) is 5.78 Å². The molecule has 0 aromatic heterocycles. The summed E-state index contributed by atoms with van der Waals surface area (Å²) in [6, 6.07) is 0. The van der Waals surface area contributed by atoms with Gasteiger partial charge in [0.2, 0.25) is 0 Å². The summed E-state index contributed by atoms with van der Waals surface area (Å²) in [6.45, 7) is 7.85. The van der Waals surface area contributed by atoms with Gasteiger partial charge in [0, 0.05) is 5.92 Å². The van der Waals surface area contributed by atoms with Crippen LogP contribution >= 0.6 is 0 Å². The van der Waals surface area contributed by atoms with Gasteiger partial charge in [0.25, 0.3) is 0 Å². The molecule has 0 aliphatic carbocycles. The monoisotopic (exact) mass is 141 g/mol. The third kappa shape index (κ3) is 2.29. The fourth-order valence-corrected chi connectivity index (χ4v) is 0.552. The van der Waals surface area contributed by atoms with Crippen LogP contribution in [0.3, 0.4) is 0 Å². The summed E-state index contributed by atoms with van der Waals surface area (Å²) in [4.78, 5) is 10.9. The molecule has 0 aliphatic heterocycles.